The number of ether oxygens (including phenoxy) is 1. The van der Waals surface area contributed by atoms with Gasteiger partial charge in [-0.25, -0.2) is 0 Å². The van der Waals surface area contributed by atoms with Crippen molar-refractivity contribution in [3.63, 3.8) is 0 Å². The van der Waals surface area contributed by atoms with Crippen molar-refractivity contribution in [1.29, 1.82) is 0 Å². The Labute approximate surface area is 125 Å². The van der Waals surface area contributed by atoms with Crippen molar-refractivity contribution < 1.29 is 9.26 Å². The first kappa shape index (κ1) is 15.5. The van der Waals surface area contributed by atoms with Gasteiger partial charge in [-0.2, -0.15) is 4.98 Å². The Kier molecular flexibility index (Phi) is 4.63. The molecule has 1 N–H and O–H groups in total. The van der Waals surface area contributed by atoms with Crippen LogP contribution in [0.2, 0.25) is 0 Å². The van der Waals surface area contributed by atoms with Crippen LogP contribution in [0.15, 0.2) is 28.8 Å². The number of nitrogens with zero attached hydrogens (tertiary/aromatic N) is 2. The summed E-state index contributed by atoms with van der Waals surface area (Å²) in [7, 11) is 1.66. The lowest BCUT2D eigenvalue weighted by atomic mass is 9.96. The van der Waals surface area contributed by atoms with E-state index in [4.69, 9.17) is 9.26 Å². The smallest absolute Gasteiger partial charge is 0.243 e. The lowest BCUT2D eigenvalue weighted by molar-refractivity contribution is 0.330. The standard InChI is InChI=1S/C16H23N3O2/c1-11(14-18-15(19-21-14)16(2,3)4)17-10-12-6-8-13(20-5)9-7-12/h6-9,11,17H,10H2,1-5H3. The third kappa shape index (κ3) is 4.04. The first-order valence-corrected chi connectivity index (χ1v) is 7.10. The van der Waals surface area contributed by atoms with Crippen molar-refractivity contribution in [2.45, 2.75) is 45.7 Å². The van der Waals surface area contributed by atoms with Gasteiger partial charge in [0.2, 0.25) is 5.89 Å². The predicted molar refractivity (Wildman–Crippen MR) is 81.2 cm³/mol. The van der Waals surface area contributed by atoms with Crippen molar-refractivity contribution in [3.05, 3.63) is 41.5 Å². The van der Waals surface area contributed by atoms with Crippen LogP contribution in [0.5, 0.6) is 5.75 Å². The Morgan fingerprint density at radius 3 is 2.43 bits per heavy atom. The molecule has 0 radical (unpaired) electrons. The van der Waals surface area contributed by atoms with Gasteiger partial charge >= 0.3 is 0 Å². The minimum Gasteiger partial charge on any atom is -0.497 e. The van der Waals surface area contributed by atoms with Crippen molar-refractivity contribution in [2.75, 3.05) is 7.11 Å². The van der Waals surface area contributed by atoms with Crippen molar-refractivity contribution >= 4 is 0 Å². The van der Waals surface area contributed by atoms with E-state index >= 15 is 0 Å². The molecule has 0 saturated carbocycles. The maximum Gasteiger partial charge on any atom is 0.243 e. The highest BCUT2D eigenvalue weighted by Crippen LogP contribution is 2.21. The van der Waals surface area contributed by atoms with Crippen LogP contribution >= 0.6 is 0 Å². The summed E-state index contributed by atoms with van der Waals surface area (Å²) in [6, 6.07) is 7.98. The van der Waals surface area contributed by atoms with Crippen LogP contribution < -0.4 is 10.1 Å². The van der Waals surface area contributed by atoms with E-state index in [0.717, 1.165) is 18.1 Å². The average molecular weight is 289 g/mol. The van der Waals surface area contributed by atoms with E-state index < -0.39 is 0 Å². The first-order chi connectivity index (χ1) is 9.90. The number of methoxy groups -OCH3 is 1. The first-order valence-electron chi connectivity index (χ1n) is 7.10. The van der Waals surface area contributed by atoms with E-state index in [1.54, 1.807) is 7.11 Å². The van der Waals surface area contributed by atoms with Crippen LogP contribution in [-0.2, 0) is 12.0 Å². The van der Waals surface area contributed by atoms with Gasteiger partial charge in [0.25, 0.3) is 0 Å². The van der Waals surface area contributed by atoms with Gasteiger partial charge in [-0.3, -0.25) is 0 Å². The lowest BCUT2D eigenvalue weighted by Crippen LogP contribution is -2.19. The summed E-state index contributed by atoms with van der Waals surface area (Å²) in [6.07, 6.45) is 0. The Morgan fingerprint density at radius 2 is 1.90 bits per heavy atom. The average Bonchev–Trinajstić information content (AvgIpc) is 2.95. The third-order valence-electron chi connectivity index (χ3n) is 3.25. The zero-order chi connectivity index (χ0) is 15.5. The van der Waals surface area contributed by atoms with Gasteiger partial charge in [-0.05, 0) is 24.6 Å². The van der Waals surface area contributed by atoms with E-state index in [1.807, 2.05) is 31.2 Å². The van der Waals surface area contributed by atoms with E-state index in [9.17, 15) is 0 Å². The molecular formula is C16H23N3O2. The number of rotatable bonds is 5. The Hall–Kier alpha value is -1.88. The quantitative estimate of drug-likeness (QED) is 0.915. The molecule has 1 unspecified atom stereocenters. The summed E-state index contributed by atoms with van der Waals surface area (Å²) in [4.78, 5) is 4.46. The van der Waals surface area contributed by atoms with E-state index in [-0.39, 0.29) is 11.5 Å². The lowest BCUT2D eigenvalue weighted by Gasteiger charge is -2.12. The zero-order valence-electron chi connectivity index (χ0n) is 13.3. The summed E-state index contributed by atoms with van der Waals surface area (Å²) in [6.45, 7) is 8.95. The highest BCUT2D eigenvalue weighted by atomic mass is 16.5. The summed E-state index contributed by atoms with van der Waals surface area (Å²) in [5.41, 5.74) is 1.08. The minimum atomic E-state index is -0.0997. The van der Waals surface area contributed by atoms with Crippen LogP contribution in [0.25, 0.3) is 0 Å². The van der Waals surface area contributed by atoms with E-state index in [2.05, 4.69) is 36.2 Å². The molecule has 0 spiro atoms. The van der Waals surface area contributed by atoms with E-state index in [1.165, 1.54) is 5.56 Å². The summed E-state index contributed by atoms with van der Waals surface area (Å²) < 4.78 is 10.5. The molecule has 0 aliphatic carbocycles. The Bertz CT molecular complexity index is 570. The SMILES string of the molecule is COc1ccc(CNC(C)c2nc(C(C)(C)C)no2)cc1. The highest BCUT2D eigenvalue weighted by Gasteiger charge is 2.22. The van der Waals surface area contributed by atoms with Gasteiger partial charge in [-0.1, -0.05) is 38.1 Å². The van der Waals surface area contributed by atoms with Crippen LogP contribution in [0.1, 0.15) is 51.0 Å². The fourth-order valence-electron chi connectivity index (χ4n) is 1.82. The monoisotopic (exact) mass is 289 g/mol. The molecule has 1 aromatic heterocycles. The second-order valence-corrected chi connectivity index (χ2v) is 6.16. The molecule has 114 valence electrons. The van der Waals surface area contributed by atoms with Gasteiger partial charge in [0.05, 0.1) is 13.2 Å². The molecule has 0 aliphatic heterocycles. The largest absolute Gasteiger partial charge is 0.497 e. The van der Waals surface area contributed by atoms with Crippen molar-refractivity contribution in [3.8, 4) is 5.75 Å². The molecule has 2 aromatic rings. The third-order valence-corrected chi connectivity index (χ3v) is 3.25. The Morgan fingerprint density at radius 1 is 1.24 bits per heavy atom. The molecule has 1 atom stereocenters. The van der Waals surface area contributed by atoms with Crippen LogP contribution in [-0.4, -0.2) is 17.3 Å². The molecule has 5 nitrogen and oxygen atoms in total. The fraction of sp³-hybridized carbons (Fsp3) is 0.500. The second kappa shape index (κ2) is 6.26. The molecule has 0 aliphatic rings. The van der Waals surface area contributed by atoms with Gasteiger partial charge < -0.3 is 14.6 Å². The molecule has 21 heavy (non-hydrogen) atoms. The van der Waals surface area contributed by atoms with Crippen LogP contribution in [0.3, 0.4) is 0 Å². The maximum absolute atomic E-state index is 5.33. The number of benzene rings is 1. The van der Waals surface area contributed by atoms with Crippen molar-refractivity contribution in [1.82, 2.24) is 15.5 Å². The number of nitrogens with one attached hydrogen (secondary N) is 1. The second-order valence-electron chi connectivity index (χ2n) is 6.16. The maximum atomic E-state index is 5.33. The van der Waals surface area contributed by atoms with Crippen LogP contribution in [0.4, 0.5) is 0 Å². The van der Waals surface area contributed by atoms with Gasteiger partial charge in [0, 0.05) is 12.0 Å². The molecule has 0 fully saturated rings. The molecule has 5 heteroatoms. The Balaban J connectivity index is 1.94. The fourth-order valence-corrected chi connectivity index (χ4v) is 1.82. The molecule has 0 amide bonds. The topological polar surface area (TPSA) is 60.2 Å². The van der Waals surface area contributed by atoms with Crippen LogP contribution in [0, 0.1) is 0 Å². The molecular weight excluding hydrogens is 266 g/mol. The van der Waals surface area contributed by atoms with Crippen molar-refractivity contribution in [2.24, 2.45) is 0 Å². The predicted octanol–water partition coefficient (Wildman–Crippen LogP) is 3.23. The number of hydrogen-bond donors (Lipinski definition) is 1. The number of hydrogen-bond acceptors (Lipinski definition) is 5. The summed E-state index contributed by atoms with van der Waals surface area (Å²) >= 11 is 0. The van der Waals surface area contributed by atoms with Gasteiger partial charge in [-0.15, -0.1) is 0 Å². The molecule has 0 bridgehead atoms. The summed E-state index contributed by atoms with van der Waals surface area (Å²) in [5, 5.41) is 7.42. The molecule has 0 saturated heterocycles. The number of aromatic nitrogens is 2. The molecule has 2 rings (SSSR count). The summed E-state index contributed by atoms with van der Waals surface area (Å²) in [5.74, 6) is 2.21. The molecule has 1 heterocycles. The van der Waals surface area contributed by atoms with E-state index in [0.29, 0.717) is 5.89 Å². The van der Waals surface area contributed by atoms with Gasteiger partial charge in [0.15, 0.2) is 5.82 Å². The highest BCUT2D eigenvalue weighted by molar-refractivity contribution is 5.27. The normalized spacial score (nSPS) is 13.2. The minimum absolute atomic E-state index is 0.00991. The van der Waals surface area contributed by atoms with Gasteiger partial charge in [0.1, 0.15) is 5.75 Å². The zero-order valence-corrected chi connectivity index (χ0v) is 13.3. The molecule has 1 aromatic carbocycles.